The van der Waals surface area contributed by atoms with Gasteiger partial charge in [0.1, 0.15) is 11.8 Å². The third kappa shape index (κ3) is 3.47. The maximum atomic E-state index is 12.6. The van der Waals surface area contributed by atoms with E-state index in [-0.39, 0.29) is 25.5 Å². The van der Waals surface area contributed by atoms with Crippen molar-refractivity contribution in [1.82, 2.24) is 19.9 Å². The molecule has 0 spiro atoms. The minimum atomic E-state index is -1.05. The van der Waals surface area contributed by atoms with E-state index in [0.29, 0.717) is 17.9 Å². The van der Waals surface area contributed by atoms with Gasteiger partial charge in [-0.1, -0.05) is 6.92 Å². The zero-order valence-corrected chi connectivity index (χ0v) is 14.2. The first kappa shape index (κ1) is 16.9. The summed E-state index contributed by atoms with van der Waals surface area (Å²) >= 11 is 0. The number of imidazole rings is 1. The number of carboxylic acid groups (broad SMARTS) is 1. The van der Waals surface area contributed by atoms with E-state index in [1.54, 1.807) is 6.07 Å². The van der Waals surface area contributed by atoms with E-state index in [0.717, 1.165) is 17.1 Å². The number of hydrogen-bond acceptors (Lipinski definition) is 5. The second-order valence-corrected chi connectivity index (χ2v) is 5.95. The van der Waals surface area contributed by atoms with Crippen LogP contribution >= 0.6 is 0 Å². The molecular formula is C17H20N4O4. The molecular weight excluding hydrogens is 324 g/mol. The molecule has 0 aromatic carbocycles. The Kier molecular flexibility index (Phi) is 4.69. The number of ether oxygens (including phenoxy) is 1. The highest BCUT2D eigenvalue weighted by Gasteiger charge is 2.36. The number of nitrogens with zero attached hydrogens (tertiary/aromatic N) is 3. The molecule has 1 amide bonds. The number of aromatic amines is 1. The van der Waals surface area contributed by atoms with Crippen molar-refractivity contribution < 1.29 is 19.4 Å². The lowest BCUT2D eigenvalue weighted by Crippen LogP contribution is -2.50. The van der Waals surface area contributed by atoms with Gasteiger partial charge >= 0.3 is 5.97 Å². The topological polar surface area (TPSA) is 108 Å². The summed E-state index contributed by atoms with van der Waals surface area (Å²) in [6, 6.07) is 2.66. The highest BCUT2D eigenvalue weighted by atomic mass is 16.5. The van der Waals surface area contributed by atoms with Crippen LogP contribution in [0.2, 0.25) is 0 Å². The van der Waals surface area contributed by atoms with E-state index < -0.39 is 12.0 Å². The first-order chi connectivity index (χ1) is 12.0. The van der Waals surface area contributed by atoms with Crippen molar-refractivity contribution >= 4 is 11.9 Å². The minimum absolute atomic E-state index is 0.182. The molecule has 0 saturated carbocycles. The third-order valence-corrected chi connectivity index (χ3v) is 4.26. The molecule has 3 heterocycles. The van der Waals surface area contributed by atoms with E-state index in [9.17, 15) is 14.7 Å². The summed E-state index contributed by atoms with van der Waals surface area (Å²) < 4.78 is 5.62. The molecule has 8 nitrogen and oxygen atoms in total. The fourth-order valence-corrected chi connectivity index (χ4v) is 2.92. The van der Waals surface area contributed by atoms with Gasteiger partial charge in [-0.15, -0.1) is 0 Å². The summed E-state index contributed by atoms with van der Waals surface area (Å²) in [5.74, 6) is -0.879. The van der Waals surface area contributed by atoms with Crippen molar-refractivity contribution in [1.29, 1.82) is 0 Å². The number of nitrogens with one attached hydrogen (secondary N) is 1. The molecule has 1 atom stereocenters. The van der Waals surface area contributed by atoms with Crippen molar-refractivity contribution in [2.45, 2.75) is 39.3 Å². The monoisotopic (exact) mass is 344 g/mol. The average Bonchev–Trinajstić information content (AvgIpc) is 3.06. The fourth-order valence-electron chi connectivity index (χ4n) is 2.92. The van der Waals surface area contributed by atoms with Crippen molar-refractivity contribution in [2.75, 3.05) is 6.61 Å². The summed E-state index contributed by atoms with van der Waals surface area (Å²) in [4.78, 5) is 36.9. The maximum Gasteiger partial charge on any atom is 0.326 e. The Morgan fingerprint density at radius 3 is 2.96 bits per heavy atom. The molecule has 1 aliphatic rings. The molecule has 0 fully saturated rings. The van der Waals surface area contributed by atoms with Gasteiger partial charge < -0.3 is 19.7 Å². The van der Waals surface area contributed by atoms with Crippen LogP contribution in [-0.4, -0.2) is 49.5 Å². The predicted octanol–water partition coefficient (Wildman–Crippen LogP) is 1.09. The average molecular weight is 344 g/mol. The minimum Gasteiger partial charge on any atom is -0.482 e. The van der Waals surface area contributed by atoms with E-state index in [2.05, 4.69) is 15.0 Å². The molecule has 3 rings (SSSR count). The normalized spacial score (nSPS) is 16.4. The predicted molar refractivity (Wildman–Crippen MR) is 88.1 cm³/mol. The van der Waals surface area contributed by atoms with Gasteiger partial charge in [0, 0.05) is 12.1 Å². The van der Waals surface area contributed by atoms with Crippen LogP contribution in [0.1, 0.15) is 29.7 Å². The number of carbonyl (C=O) groups is 2. The van der Waals surface area contributed by atoms with Crippen LogP contribution in [0, 0.1) is 6.92 Å². The van der Waals surface area contributed by atoms with Gasteiger partial charge in [-0.2, -0.15) is 0 Å². The van der Waals surface area contributed by atoms with E-state index in [1.165, 1.54) is 11.2 Å². The summed E-state index contributed by atoms with van der Waals surface area (Å²) in [6.45, 7) is 3.80. The zero-order chi connectivity index (χ0) is 18.0. The second kappa shape index (κ2) is 6.92. The Bertz CT molecular complexity index is 802. The Balaban J connectivity index is 1.73. The number of rotatable bonds is 5. The van der Waals surface area contributed by atoms with Crippen molar-refractivity contribution in [3.63, 3.8) is 0 Å². The van der Waals surface area contributed by atoms with E-state index in [4.69, 9.17) is 4.74 Å². The van der Waals surface area contributed by atoms with Crippen molar-refractivity contribution in [3.05, 3.63) is 41.2 Å². The molecule has 2 aromatic heterocycles. The quantitative estimate of drug-likeness (QED) is 0.840. The number of fused-ring (bicyclic) bond motifs is 1. The molecule has 0 unspecified atom stereocenters. The summed E-state index contributed by atoms with van der Waals surface area (Å²) in [5, 5.41) is 9.44. The lowest BCUT2D eigenvalue weighted by Gasteiger charge is -2.32. The van der Waals surface area contributed by atoms with Gasteiger partial charge in [0.05, 0.1) is 30.0 Å². The second-order valence-electron chi connectivity index (χ2n) is 5.95. The number of carbonyl (C=O) groups excluding carboxylic acids is 1. The standard InChI is InChI=1S/C17H20N4O4/c1-3-11-15(5-4-10(2)20-11)25-8-16(22)21-7-13-12(18-9-19-13)6-14(21)17(23)24/h4-5,9,14H,3,6-8H2,1-2H3,(H,18,19)(H,23,24)/t14-/m1/s1. The first-order valence-corrected chi connectivity index (χ1v) is 8.12. The molecule has 0 bridgehead atoms. The maximum absolute atomic E-state index is 12.6. The number of amides is 1. The Morgan fingerprint density at radius 2 is 2.24 bits per heavy atom. The Morgan fingerprint density at radius 1 is 1.44 bits per heavy atom. The summed E-state index contributed by atoms with van der Waals surface area (Å²) in [7, 11) is 0. The molecule has 2 aromatic rings. The number of aryl methyl sites for hydroxylation is 2. The number of aliphatic carboxylic acids is 1. The summed E-state index contributed by atoms with van der Waals surface area (Å²) in [5.41, 5.74) is 3.10. The van der Waals surface area contributed by atoms with Gasteiger partial charge in [-0.05, 0) is 25.5 Å². The van der Waals surface area contributed by atoms with Gasteiger partial charge in [0.15, 0.2) is 6.61 Å². The molecule has 0 saturated heterocycles. The Labute approximate surface area is 144 Å². The molecule has 0 aliphatic carbocycles. The van der Waals surface area contributed by atoms with Gasteiger partial charge in [0.2, 0.25) is 0 Å². The number of H-pyrrole nitrogens is 1. The van der Waals surface area contributed by atoms with Gasteiger partial charge in [0.25, 0.3) is 5.91 Å². The zero-order valence-electron chi connectivity index (χ0n) is 14.2. The van der Waals surface area contributed by atoms with Crippen LogP contribution in [0.5, 0.6) is 5.75 Å². The van der Waals surface area contributed by atoms with Crippen LogP contribution in [0.15, 0.2) is 18.5 Å². The fraction of sp³-hybridized carbons (Fsp3) is 0.412. The molecule has 8 heteroatoms. The number of carboxylic acids is 1. The van der Waals surface area contributed by atoms with Crippen LogP contribution in [0.4, 0.5) is 0 Å². The third-order valence-electron chi connectivity index (χ3n) is 4.26. The van der Waals surface area contributed by atoms with E-state index >= 15 is 0 Å². The molecule has 2 N–H and O–H groups in total. The Hall–Kier alpha value is -2.90. The highest BCUT2D eigenvalue weighted by Crippen LogP contribution is 2.22. The van der Waals surface area contributed by atoms with Crippen molar-refractivity contribution in [3.8, 4) is 5.75 Å². The number of hydrogen-bond donors (Lipinski definition) is 2. The number of pyridine rings is 1. The van der Waals surface area contributed by atoms with Crippen LogP contribution in [-0.2, 0) is 29.0 Å². The van der Waals surface area contributed by atoms with Gasteiger partial charge in [-0.3, -0.25) is 9.78 Å². The lowest BCUT2D eigenvalue weighted by molar-refractivity contribution is -0.152. The van der Waals surface area contributed by atoms with Crippen LogP contribution < -0.4 is 4.74 Å². The van der Waals surface area contributed by atoms with Crippen molar-refractivity contribution in [2.24, 2.45) is 0 Å². The SMILES string of the molecule is CCc1nc(C)ccc1OCC(=O)N1Cc2[nH]cnc2C[C@@H]1C(=O)O. The lowest BCUT2D eigenvalue weighted by atomic mass is 10.0. The smallest absolute Gasteiger partial charge is 0.326 e. The van der Waals surface area contributed by atoms with Crippen LogP contribution in [0.3, 0.4) is 0 Å². The highest BCUT2D eigenvalue weighted by molar-refractivity contribution is 5.85. The largest absolute Gasteiger partial charge is 0.482 e. The van der Waals surface area contributed by atoms with E-state index in [1.807, 2.05) is 19.9 Å². The molecule has 25 heavy (non-hydrogen) atoms. The molecule has 0 radical (unpaired) electrons. The first-order valence-electron chi connectivity index (χ1n) is 8.12. The van der Waals surface area contributed by atoms with Gasteiger partial charge in [-0.25, -0.2) is 9.78 Å². The summed E-state index contributed by atoms with van der Waals surface area (Å²) in [6.07, 6.45) is 2.38. The van der Waals surface area contributed by atoms with Crippen LogP contribution in [0.25, 0.3) is 0 Å². The number of aromatic nitrogens is 3. The molecule has 1 aliphatic heterocycles. The molecule has 132 valence electrons.